The lowest BCUT2D eigenvalue weighted by Gasteiger charge is -2.02. The van der Waals surface area contributed by atoms with Gasteiger partial charge < -0.3 is 5.11 Å². The molecule has 2 unspecified atom stereocenters. The molecule has 0 aromatic carbocycles. The average Bonchev–Trinajstić information content (AvgIpc) is 2.70. The van der Waals surface area contributed by atoms with Crippen molar-refractivity contribution in [2.75, 3.05) is 0 Å². The van der Waals surface area contributed by atoms with Crippen molar-refractivity contribution in [3.05, 3.63) is 17.0 Å². The SMILES string of the molecule is CC(=O)Cn1nc(C(=O)O)c2c1CC1CC21. The number of carboxylic acids is 1. The lowest BCUT2D eigenvalue weighted by Crippen LogP contribution is -2.12. The molecule has 2 aliphatic rings. The second-order valence-electron chi connectivity index (χ2n) is 4.68. The maximum absolute atomic E-state index is 11.1. The van der Waals surface area contributed by atoms with E-state index in [0.29, 0.717) is 11.8 Å². The van der Waals surface area contributed by atoms with Crippen molar-refractivity contribution < 1.29 is 14.7 Å². The van der Waals surface area contributed by atoms with E-state index in [-0.39, 0.29) is 18.0 Å². The molecule has 84 valence electrons. The second-order valence-corrected chi connectivity index (χ2v) is 4.68. The number of hydrogen-bond acceptors (Lipinski definition) is 3. The summed E-state index contributed by atoms with van der Waals surface area (Å²) in [5.74, 6) is 0.0139. The number of Topliss-reactive ketones (excluding diaryl/α,β-unsaturated/α-hetero) is 1. The van der Waals surface area contributed by atoms with Crippen LogP contribution in [0.15, 0.2) is 0 Å². The Kier molecular flexibility index (Phi) is 1.75. The highest BCUT2D eigenvalue weighted by Crippen LogP contribution is 2.57. The van der Waals surface area contributed by atoms with Gasteiger partial charge in [0.2, 0.25) is 0 Å². The molecule has 0 spiro atoms. The Morgan fingerprint density at radius 1 is 1.56 bits per heavy atom. The summed E-state index contributed by atoms with van der Waals surface area (Å²) in [5.41, 5.74) is 2.01. The molecule has 0 saturated heterocycles. The zero-order chi connectivity index (χ0) is 11.4. The van der Waals surface area contributed by atoms with E-state index in [4.69, 9.17) is 5.11 Å². The van der Waals surface area contributed by atoms with Gasteiger partial charge in [-0.05, 0) is 31.6 Å². The van der Waals surface area contributed by atoms with Gasteiger partial charge in [0.1, 0.15) is 0 Å². The number of carbonyl (C=O) groups is 2. The van der Waals surface area contributed by atoms with E-state index in [1.54, 1.807) is 4.68 Å². The lowest BCUT2D eigenvalue weighted by atomic mass is 10.1. The number of aromatic nitrogens is 2. The molecular weight excluding hydrogens is 208 g/mol. The van der Waals surface area contributed by atoms with Crippen LogP contribution in [0.2, 0.25) is 0 Å². The zero-order valence-corrected chi connectivity index (χ0v) is 8.93. The minimum absolute atomic E-state index is 0.00260. The van der Waals surface area contributed by atoms with E-state index in [2.05, 4.69) is 5.10 Å². The topological polar surface area (TPSA) is 72.2 Å². The van der Waals surface area contributed by atoms with Crippen molar-refractivity contribution in [3.63, 3.8) is 0 Å². The molecule has 2 aliphatic carbocycles. The summed E-state index contributed by atoms with van der Waals surface area (Å²) >= 11 is 0. The minimum Gasteiger partial charge on any atom is -0.476 e. The second kappa shape index (κ2) is 2.93. The first-order valence-electron chi connectivity index (χ1n) is 5.40. The number of rotatable bonds is 3. The van der Waals surface area contributed by atoms with E-state index >= 15 is 0 Å². The van der Waals surface area contributed by atoms with Crippen LogP contribution in [0.25, 0.3) is 0 Å². The Hall–Kier alpha value is -1.65. The Bertz CT molecular complexity index is 504. The molecular formula is C11H12N2O3. The first-order valence-corrected chi connectivity index (χ1v) is 5.40. The predicted molar refractivity (Wildman–Crippen MR) is 54.4 cm³/mol. The fraction of sp³-hybridized carbons (Fsp3) is 0.545. The summed E-state index contributed by atoms with van der Waals surface area (Å²) < 4.78 is 1.58. The number of fused-ring (bicyclic) bond motifs is 3. The van der Waals surface area contributed by atoms with Crippen molar-refractivity contribution in [1.29, 1.82) is 0 Å². The minimum atomic E-state index is -0.980. The van der Waals surface area contributed by atoms with Crippen molar-refractivity contribution in [1.82, 2.24) is 9.78 Å². The van der Waals surface area contributed by atoms with E-state index < -0.39 is 5.97 Å². The van der Waals surface area contributed by atoms with Crippen LogP contribution in [-0.4, -0.2) is 26.6 Å². The number of carboxylic acid groups (broad SMARTS) is 1. The van der Waals surface area contributed by atoms with Gasteiger partial charge in [0.05, 0.1) is 6.54 Å². The fourth-order valence-electron chi connectivity index (χ4n) is 2.69. The van der Waals surface area contributed by atoms with Gasteiger partial charge in [-0.1, -0.05) is 0 Å². The van der Waals surface area contributed by atoms with Crippen molar-refractivity contribution in [2.45, 2.75) is 32.2 Å². The van der Waals surface area contributed by atoms with E-state index in [1.807, 2.05) is 0 Å². The first kappa shape index (κ1) is 9.57. The van der Waals surface area contributed by atoms with Gasteiger partial charge in [-0.15, -0.1) is 0 Å². The summed E-state index contributed by atoms with van der Waals surface area (Å²) in [7, 11) is 0. The fourth-order valence-corrected chi connectivity index (χ4v) is 2.69. The highest BCUT2D eigenvalue weighted by Gasteiger charge is 2.50. The summed E-state index contributed by atoms with van der Waals surface area (Å²) in [6.45, 7) is 1.68. The third-order valence-corrected chi connectivity index (χ3v) is 3.42. The van der Waals surface area contributed by atoms with Gasteiger partial charge in [0, 0.05) is 11.3 Å². The van der Waals surface area contributed by atoms with Gasteiger partial charge >= 0.3 is 5.97 Å². The van der Waals surface area contributed by atoms with Gasteiger partial charge in [0.15, 0.2) is 11.5 Å². The van der Waals surface area contributed by atoms with Crippen LogP contribution in [0.4, 0.5) is 0 Å². The lowest BCUT2D eigenvalue weighted by molar-refractivity contribution is -0.117. The van der Waals surface area contributed by atoms with Crippen molar-refractivity contribution in [3.8, 4) is 0 Å². The molecule has 1 N–H and O–H groups in total. The zero-order valence-electron chi connectivity index (χ0n) is 8.93. The molecule has 5 heteroatoms. The Balaban J connectivity index is 2.08. The molecule has 1 heterocycles. The molecule has 1 fully saturated rings. The molecule has 0 amide bonds. The van der Waals surface area contributed by atoms with Crippen LogP contribution < -0.4 is 0 Å². The smallest absolute Gasteiger partial charge is 0.356 e. The van der Waals surface area contributed by atoms with Crippen LogP contribution in [0, 0.1) is 5.92 Å². The molecule has 2 atom stereocenters. The van der Waals surface area contributed by atoms with E-state index in [1.165, 1.54) is 6.92 Å². The molecule has 1 saturated carbocycles. The monoisotopic (exact) mass is 220 g/mol. The molecule has 16 heavy (non-hydrogen) atoms. The quantitative estimate of drug-likeness (QED) is 0.818. The van der Waals surface area contributed by atoms with Crippen LogP contribution in [0.1, 0.15) is 41.0 Å². The summed E-state index contributed by atoms with van der Waals surface area (Å²) in [6, 6.07) is 0. The maximum atomic E-state index is 11.1. The highest BCUT2D eigenvalue weighted by atomic mass is 16.4. The Morgan fingerprint density at radius 3 is 2.94 bits per heavy atom. The molecule has 5 nitrogen and oxygen atoms in total. The number of aromatic carboxylic acids is 1. The van der Waals surface area contributed by atoms with Gasteiger partial charge in [-0.25, -0.2) is 4.79 Å². The average molecular weight is 220 g/mol. The van der Waals surface area contributed by atoms with Gasteiger partial charge in [-0.3, -0.25) is 9.48 Å². The number of ketones is 1. The van der Waals surface area contributed by atoms with Gasteiger partial charge in [-0.2, -0.15) is 5.10 Å². The molecule has 1 aromatic heterocycles. The summed E-state index contributed by atoms with van der Waals surface area (Å²) in [4.78, 5) is 22.1. The van der Waals surface area contributed by atoms with Crippen LogP contribution >= 0.6 is 0 Å². The number of carbonyl (C=O) groups excluding carboxylic acids is 1. The molecule has 0 radical (unpaired) electrons. The maximum Gasteiger partial charge on any atom is 0.356 e. The highest BCUT2D eigenvalue weighted by molar-refractivity contribution is 5.88. The van der Waals surface area contributed by atoms with Crippen LogP contribution in [0.5, 0.6) is 0 Å². The predicted octanol–water partition coefficient (Wildman–Crippen LogP) is 0.830. The molecule has 0 bridgehead atoms. The summed E-state index contributed by atoms with van der Waals surface area (Å²) in [6.07, 6.45) is 1.96. The molecule has 3 rings (SSSR count). The summed E-state index contributed by atoms with van der Waals surface area (Å²) in [5, 5.41) is 13.1. The largest absolute Gasteiger partial charge is 0.476 e. The van der Waals surface area contributed by atoms with Crippen LogP contribution in [0.3, 0.4) is 0 Å². The van der Waals surface area contributed by atoms with Crippen molar-refractivity contribution in [2.24, 2.45) is 5.92 Å². The Labute approximate surface area is 92.1 Å². The van der Waals surface area contributed by atoms with Crippen molar-refractivity contribution >= 4 is 11.8 Å². The third kappa shape index (κ3) is 1.20. The third-order valence-electron chi connectivity index (χ3n) is 3.42. The van der Waals surface area contributed by atoms with Gasteiger partial charge in [0.25, 0.3) is 0 Å². The van der Waals surface area contributed by atoms with E-state index in [9.17, 15) is 9.59 Å². The molecule has 1 aromatic rings. The molecule has 0 aliphatic heterocycles. The normalized spacial score (nSPS) is 25.1. The standard InChI is InChI=1S/C11H12N2O3/c1-5(14)4-13-8-3-6-2-7(6)9(8)10(12-13)11(15)16/h6-7H,2-4H2,1H3,(H,15,16). The Morgan fingerprint density at radius 2 is 2.31 bits per heavy atom. The van der Waals surface area contributed by atoms with E-state index in [0.717, 1.165) is 24.1 Å². The number of hydrogen-bond donors (Lipinski definition) is 1. The first-order chi connectivity index (χ1) is 7.58. The van der Waals surface area contributed by atoms with Crippen LogP contribution in [-0.2, 0) is 17.8 Å². The number of nitrogens with zero attached hydrogens (tertiary/aromatic N) is 2.